The van der Waals surface area contributed by atoms with Crippen molar-refractivity contribution in [1.82, 2.24) is 10.2 Å². The lowest BCUT2D eigenvalue weighted by molar-refractivity contribution is 0.177. The van der Waals surface area contributed by atoms with Crippen LogP contribution in [0, 0.1) is 20.8 Å². The molecule has 0 bridgehead atoms. The average Bonchev–Trinajstić information content (AvgIpc) is 2.34. The minimum atomic E-state index is 0.0383. The Bertz CT molecular complexity index is 395. The van der Waals surface area contributed by atoms with Gasteiger partial charge in [-0.15, -0.1) is 0 Å². The first-order valence-electron chi connectivity index (χ1n) is 6.37. The van der Waals surface area contributed by atoms with E-state index in [-0.39, 0.29) is 6.17 Å². The van der Waals surface area contributed by atoms with Gasteiger partial charge in [-0.3, -0.25) is 4.90 Å². The Morgan fingerprint density at radius 3 is 2.29 bits per heavy atom. The van der Waals surface area contributed by atoms with Gasteiger partial charge in [-0.2, -0.15) is 0 Å². The summed E-state index contributed by atoms with van der Waals surface area (Å²) in [6.07, 6.45) is 0.0383. The van der Waals surface area contributed by atoms with Crippen molar-refractivity contribution in [2.45, 2.75) is 26.9 Å². The Balaban J connectivity index is 2.23. The number of benzene rings is 1. The number of nitrogens with zero attached hydrogens (tertiary/aromatic N) is 1. The molecule has 0 spiro atoms. The normalized spacial score (nSPS) is 19.3. The lowest BCUT2D eigenvalue weighted by atomic mass is 9.98. The van der Waals surface area contributed by atoms with Crippen LogP contribution >= 0.6 is 0 Å². The van der Waals surface area contributed by atoms with Crippen LogP contribution in [-0.2, 0) is 0 Å². The fraction of sp³-hybridized carbons (Fsp3) is 0.571. The third-order valence-electron chi connectivity index (χ3n) is 3.75. The van der Waals surface area contributed by atoms with E-state index in [2.05, 4.69) is 43.1 Å². The maximum absolute atomic E-state index is 6.39. The van der Waals surface area contributed by atoms with Crippen LogP contribution in [0.5, 0.6) is 0 Å². The van der Waals surface area contributed by atoms with Crippen LogP contribution in [0.15, 0.2) is 12.1 Å². The highest BCUT2D eigenvalue weighted by Crippen LogP contribution is 2.23. The summed E-state index contributed by atoms with van der Waals surface area (Å²) in [6, 6.07) is 4.49. The first-order valence-corrected chi connectivity index (χ1v) is 6.37. The molecule has 1 fully saturated rings. The molecule has 0 saturated carbocycles. The summed E-state index contributed by atoms with van der Waals surface area (Å²) in [6.45, 7) is 10.6. The summed E-state index contributed by atoms with van der Waals surface area (Å²) in [5.41, 5.74) is 11.6. The number of nitrogens with one attached hydrogen (secondary N) is 1. The largest absolute Gasteiger partial charge is 0.314 e. The van der Waals surface area contributed by atoms with Crippen LogP contribution in [0.1, 0.15) is 28.4 Å². The van der Waals surface area contributed by atoms with E-state index in [4.69, 9.17) is 5.73 Å². The predicted molar refractivity (Wildman–Crippen MR) is 72.0 cm³/mol. The van der Waals surface area contributed by atoms with Crippen molar-refractivity contribution in [3.63, 3.8) is 0 Å². The Morgan fingerprint density at radius 1 is 1.06 bits per heavy atom. The van der Waals surface area contributed by atoms with Gasteiger partial charge in [0.05, 0.1) is 6.17 Å². The van der Waals surface area contributed by atoms with E-state index in [0.29, 0.717) is 0 Å². The standard InChI is InChI=1S/C14H23N3/c1-10-8-12(3)13(9-11(10)2)14(15)17-6-4-16-5-7-17/h8-9,14,16H,4-7,15H2,1-3H3. The molecule has 0 aromatic heterocycles. The van der Waals surface area contributed by atoms with Crippen molar-refractivity contribution in [3.8, 4) is 0 Å². The Labute approximate surface area is 104 Å². The SMILES string of the molecule is Cc1cc(C)c(C(N)N2CCNCC2)cc1C. The summed E-state index contributed by atoms with van der Waals surface area (Å²) >= 11 is 0. The van der Waals surface area contributed by atoms with Crippen LogP contribution in [0.3, 0.4) is 0 Å². The number of nitrogens with two attached hydrogens (primary N) is 1. The maximum atomic E-state index is 6.39. The van der Waals surface area contributed by atoms with Crippen LogP contribution in [0.4, 0.5) is 0 Å². The number of hydrogen-bond acceptors (Lipinski definition) is 3. The molecule has 0 aliphatic carbocycles. The van der Waals surface area contributed by atoms with Gasteiger partial charge in [0.15, 0.2) is 0 Å². The second kappa shape index (κ2) is 5.17. The van der Waals surface area contributed by atoms with E-state index in [1.165, 1.54) is 22.3 Å². The van der Waals surface area contributed by atoms with Crippen molar-refractivity contribution < 1.29 is 0 Å². The highest BCUT2D eigenvalue weighted by molar-refractivity contribution is 5.37. The molecule has 3 N–H and O–H groups in total. The Morgan fingerprint density at radius 2 is 1.65 bits per heavy atom. The van der Waals surface area contributed by atoms with Gasteiger partial charge >= 0.3 is 0 Å². The second-order valence-electron chi connectivity index (χ2n) is 5.02. The molecule has 3 heteroatoms. The molecule has 1 aliphatic heterocycles. The molecule has 1 aromatic carbocycles. The molecular weight excluding hydrogens is 210 g/mol. The van der Waals surface area contributed by atoms with Crippen molar-refractivity contribution in [2.75, 3.05) is 26.2 Å². The minimum Gasteiger partial charge on any atom is -0.314 e. The second-order valence-corrected chi connectivity index (χ2v) is 5.02. The van der Waals surface area contributed by atoms with Gasteiger partial charge in [0.2, 0.25) is 0 Å². The summed E-state index contributed by atoms with van der Waals surface area (Å²) in [5.74, 6) is 0. The minimum absolute atomic E-state index is 0.0383. The molecule has 1 heterocycles. The number of aryl methyl sites for hydroxylation is 3. The van der Waals surface area contributed by atoms with Crippen molar-refractivity contribution in [3.05, 3.63) is 34.4 Å². The predicted octanol–water partition coefficient (Wildman–Crippen LogP) is 1.47. The van der Waals surface area contributed by atoms with E-state index in [1.54, 1.807) is 0 Å². The molecule has 0 radical (unpaired) electrons. The van der Waals surface area contributed by atoms with Gasteiger partial charge in [0, 0.05) is 26.2 Å². The monoisotopic (exact) mass is 233 g/mol. The van der Waals surface area contributed by atoms with Crippen LogP contribution in [0.2, 0.25) is 0 Å². The van der Waals surface area contributed by atoms with Crippen LogP contribution in [0.25, 0.3) is 0 Å². The van der Waals surface area contributed by atoms with Gasteiger partial charge in [-0.1, -0.05) is 12.1 Å². The molecule has 94 valence electrons. The molecule has 3 nitrogen and oxygen atoms in total. The van der Waals surface area contributed by atoms with E-state index < -0.39 is 0 Å². The van der Waals surface area contributed by atoms with Gasteiger partial charge in [-0.05, 0) is 43.0 Å². The first kappa shape index (κ1) is 12.6. The third kappa shape index (κ3) is 2.68. The fourth-order valence-corrected chi connectivity index (χ4v) is 2.46. The summed E-state index contributed by atoms with van der Waals surface area (Å²) in [4.78, 5) is 2.35. The molecule has 0 amide bonds. The molecule has 2 rings (SSSR count). The van der Waals surface area contributed by atoms with E-state index in [1.807, 2.05) is 0 Å². The lowest BCUT2D eigenvalue weighted by Gasteiger charge is -2.33. The van der Waals surface area contributed by atoms with Gasteiger partial charge < -0.3 is 11.1 Å². The van der Waals surface area contributed by atoms with E-state index in [0.717, 1.165) is 26.2 Å². The van der Waals surface area contributed by atoms with Crippen molar-refractivity contribution in [2.24, 2.45) is 5.73 Å². The van der Waals surface area contributed by atoms with Gasteiger partial charge in [0.1, 0.15) is 0 Å². The molecule has 1 aromatic rings. The van der Waals surface area contributed by atoms with E-state index >= 15 is 0 Å². The highest BCUT2D eigenvalue weighted by Gasteiger charge is 2.20. The average molecular weight is 233 g/mol. The van der Waals surface area contributed by atoms with Gasteiger partial charge in [0.25, 0.3) is 0 Å². The smallest absolute Gasteiger partial charge is 0.0839 e. The molecular formula is C14H23N3. The van der Waals surface area contributed by atoms with Crippen molar-refractivity contribution >= 4 is 0 Å². The number of hydrogen-bond donors (Lipinski definition) is 2. The molecule has 17 heavy (non-hydrogen) atoms. The molecule has 1 atom stereocenters. The van der Waals surface area contributed by atoms with E-state index in [9.17, 15) is 0 Å². The topological polar surface area (TPSA) is 41.3 Å². The first-order chi connectivity index (χ1) is 8.09. The number of rotatable bonds is 2. The summed E-state index contributed by atoms with van der Waals surface area (Å²) in [5, 5.41) is 3.36. The highest BCUT2D eigenvalue weighted by atomic mass is 15.3. The van der Waals surface area contributed by atoms with Crippen LogP contribution < -0.4 is 11.1 Å². The van der Waals surface area contributed by atoms with Crippen LogP contribution in [-0.4, -0.2) is 31.1 Å². The Hall–Kier alpha value is -0.900. The molecule has 1 saturated heterocycles. The Kier molecular flexibility index (Phi) is 3.82. The molecule has 1 unspecified atom stereocenters. The third-order valence-corrected chi connectivity index (χ3v) is 3.75. The summed E-state index contributed by atoms with van der Waals surface area (Å²) in [7, 11) is 0. The van der Waals surface area contributed by atoms with Gasteiger partial charge in [-0.25, -0.2) is 0 Å². The fourth-order valence-electron chi connectivity index (χ4n) is 2.46. The van der Waals surface area contributed by atoms with Crippen molar-refractivity contribution in [1.29, 1.82) is 0 Å². The molecule has 1 aliphatic rings. The zero-order chi connectivity index (χ0) is 12.4. The zero-order valence-corrected chi connectivity index (χ0v) is 11.1. The quantitative estimate of drug-likeness (QED) is 0.813. The zero-order valence-electron chi connectivity index (χ0n) is 11.1. The lowest BCUT2D eigenvalue weighted by Crippen LogP contribution is -2.47. The summed E-state index contributed by atoms with van der Waals surface area (Å²) < 4.78 is 0. The number of piperazine rings is 1. The maximum Gasteiger partial charge on any atom is 0.0839 e.